The van der Waals surface area contributed by atoms with Gasteiger partial charge in [-0.15, -0.1) is 0 Å². The van der Waals surface area contributed by atoms with E-state index in [9.17, 15) is 4.79 Å². The average Bonchev–Trinajstić information content (AvgIpc) is 2.79. The fraction of sp³-hybridized carbons (Fsp3) is 0.364. The number of aliphatic imine (C=N–C) groups is 1. The molecule has 1 amide bonds. The maximum absolute atomic E-state index is 12.8. The van der Waals surface area contributed by atoms with Crippen LogP contribution in [0.2, 0.25) is 10.2 Å². The highest BCUT2D eigenvalue weighted by molar-refractivity contribution is 6.38. The van der Waals surface area contributed by atoms with Crippen molar-refractivity contribution in [1.29, 1.82) is 5.26 Å². The van der Waals surface area contributed by atoms with Crippen LogP contribution in [0.3, 0.4) is 0 Å². The van der Waals surface area contributed by atoms with Crippen molar-refractivity contribution in [3.05, 3.63) is 63.9 Å². The molecule has 0 aliphatic heterocycles. The molecular formula is C22H24Cl2N6O. The van der Waals surface area contributed by atoms with Crippen molar-refractivity contribution in [3.8, 4) is 6.19 Å². The van der Waals surface area contributed by atoms with Gasteiger partial charge in [0.05, 0.1) is 10.6 Å². The van der Waals surface area contributed by atoms with Crippen LogP contribution >= 0.6 is 23.2 Å². The smallest absolute Gasteiger partial charge is 0.255 e. The standard InChI is InChI=1S/C22H24Cl2N6O/c1-26-21(29-14-25)30-16-7-10-22(11-8-16,15-5-3-2-4-6-15)13-28-20(31)18-17(23)9-12-27-19(18)24/h2-6,9,12,16H,7-8,10-11,13H2,1H3,(H,28,31)(H2,26,29,30). The van der Waals surface area contributed by atoms with E-state index in [1.54, 1.807) is 13.1 Å². The van der Waals surface area contributed by atoms with Crippen LogP contribution in [-0.4, -0.2) is 36.5 Å². The number of hydrogen-bond donors (Lipinski definition) is 3. The molecule has 1 heterocycles. The number of nitrogens with zero attached hydrogens (tertiary/aromatic N) is 3. The molecule has 7 nitrogen and oxygen atoms in total. The van der Waals surface area contributed by atoms with Crippen LogP contribution in [0.25, 0.3) is 0 Å². The highest BCUT2D eigenvalue weighted by Crippen LogP contribution is 2.39. The van der Waals surface area contributed by atoms with Crippen molar-refractivity contribution >= 4 is 35.1 Å². The molecule has 1 fully saturated rings. The second-order valence-corrected chi connectivity index (χ2v) is 8.28. The van der Waals surface area contributed by atoms with Crippen molar-refractivity contribution in [2.45, 2.75) is 37.1 Å². The second kappa shape index (κ2) is 10.5. The molecule has 162 valence electrons. The number of aromatic nitrogens is 1. The molecule has 31 heavy (non-hydrogen) atoms. The normalized spacial score (nSPS) is 21.1. The van der Waals surface area contributed by atoms with Crippen LogP contribution in [0.4, 0.5) is 0 Å². The molecule has 3 rings (SSSR count). The number of carbonyl (C=O) groups is 1. The molecule has 0 spiro atoms. The van der Waals surface area contributed by atoms with Crippen LogP contribution in [0.1, 0.15) is 41.6 Å². The van der Waals surface area contributed by atoms with Gasteiger partial charge in [0.1, 0.15) is 5.15 Å². The molecule has 0 unspecified atom stereocenters. The van der Waals surface area contributed by atoms with Gasteiger partial charge in [-0.1, -0.05) is 53.5 Å². The number of halogens is 2. The topological polar surface area (TPSA) is 102 Å². The summed E-state index contributed by atoms with van der Waals surface area (Å²) >= 11 is 12.3. The number of benzene rings is 1. The summed E-state index contributed by atoms with van der Waals surface area (Å²) in [5, 5.41) is 18.1. The molecule has 0 bridgehead atoms. The van der Waals surface area contributed by atoms with Gasteiger partial charge in [-0.25, -0.2) is 4.98 Å². The molecule has 1 aliphatic rings. The highest BCUT2D eigenvalue weighted by atomic mass is 35.5. The van der Waals surface area contributed by atoms with Crippen molar-refractivity contribution in [2.24, 2.45) is 4.99 Å². The van der Waals surface area contributed by atoms with E-state index in [4.69, 9.17) is 28.5 Å². The van der Waals surface area contributed by atoms with Crippen molar-refractivity contribution in [2.75, 3.05) is 13.6 Å². The van der Waals surface area contributed by atoms with E-state index < -0.39 is 0 Å². The summed E-state index contributed by atoms with van der Waals surface area (Å²) in [5.41, 5.74) is 1.15. The van der Waals surface area contributed by atoms with Gasteiger partial charge in [-0.2, -0.15) is 5.26 Å². The predicted molar refractivity (Wildman–Crippen MR) is 122 cm³/mol. The van der Waals surface area contributed by atoms with Gasteiger partial charge in [0, 0.05) is 31.2 Å². The van der Waals surface area contributed by atoms with E-state index >= 15 is 0 Å². The van der Waals surface area contributed by atoms with E-state index in [-0.39, 0.29) is 33.1 Å². The first-order valence-electron chi connectivity index (χ1n) is 10.0. The quantitative estimate of drug-likeness (QED) is 0.208. The molecule has 0 saturated heterocycles. The summed E-state index contributed by atoms with van der Waals surface area (Å²) in [7, 11) is 1.63. The molecule has 0 radical (unpaired) electrons. The van der Waals surface area contributed by atoms with E-state index in [0.29, 0.717) is 12.5 Å². The summed E-state index contributed by atoms with van der Waals surface area (Å²) in [6, 6.07) is 11.9. The predicted octanol–water partition coefficient (Wildman–Crippen LogP) is 3.64. The second-order valence-electron chi connectivity index (χ2n) is 7.52. The van der Waals surface area contributed by atoms with Crippen molar-refractivity contribution in [3.63, 3.8) is 0 Å². The Balaban J connectivity index is 1.75. The first kappa shape index (κ1) is 22.9. The van der Waals surface area contributed by atoms with Crippen LogP contribution in [0, 0.1) is 11.5 Å². The Labute approximate surface area is 191 Å². The number of nitriles is 1. The SMILES string of the molecule is CN=C(NC#N)NC1CCC(CNC(=O)c2c(Cl)ccnc2Cl)(c2ccccc2)CC1. The monoisotopic (exact) mass is 458 g/mol. The zero-order valence-electron chi connectivity index (χ0n) is 17.2. The number of hydrogen-bond acceptors (Lipinski definition) is 4. The summed E-state index contributed by atoms with van der Waals surface area (Å²) in [6.07, 6.45) is 6.80. The van der Waals surface area contributed by atoms with Gasteiger partial charge >= 0.3 is 0 Å². The van der Waals surface area contributed by atoms with E-state index in [0.717, 1.165) is 25.7 Å². The Hall–Kier alpha value is -2.82. The molecule has 1 saturated carbocycles. The fourth-order valence-electron chi connectivity index (χ4n) is 4.03. The van der Waals surface area contributed by atoms with E-state index in [1.165, 1.54) is 11.8 Å². The summed E-state index contributed by atoms with van der Waals surface area (Å²) in [6.45, 7) is 0.454. The Morgan fingerprint density at radius 1 is 1.26 bits per heavy atom. The van der Waals surface area contributed by atoms with Crippen LogP contribution < -0.4 is 16.0 Å². The first-order valence-corrected chi connectivity index (χ1v) is 10.8. The summed E-state index contributed by atoms with van der Waals surface area (Å²) in [4.78, 5) is 20.9. The molecule has 1 aromatic carbocycles. The Morgan fingerprint density at radius 3 is 2.58 bits per heavy atom. The maximum Gasteiger partial charge on any atom is 0.255 e. The lowest BCUT2D eigenvalue weighted by Crippen LogP contribution is -2.49. The third kappa shape index (κ3) is 5.46. The zero-order valence-corrected chi connectivity index (χ0v) is 18.7. The number of rotatable bonds is 5. The van der Waals surface area contributed by atoms with Crippen LogP contribution in [-0.2, 0) is 5.41 Å². The number of guanidine groups is 1. The van der Waals surface area contributed by atoms with Gasteiger partial charge in [0.25, 0.3) is 5.91 Å². The van der Waals surface area contributed by atoms with Gasteiger partial charge in [0.15, 0.2) is 6.19 Å². The minimum atomic E-state index is -0.336. The first-order chi connectivity index (χ1) is 15.0. The zero-order chi connectivity index (χ0) is 22.3. The minimum Gasteiger partial charge on any atom is -0.353 e. The number of amides is 1. The number of carbonyl (C=O) groups excluding carboxylic acids is 1. The highest BCUT2D eigenvalue weighted by Gasteiger charge is 2.37. The molecule has 2 aromatic rings. The summed E-state index contributed by atoms with van der Waals surface area (Å²) < 4.78 is 0. The van der Waals surface area contributed by atoms with Crippen molar-refractivity contribution < 1.29 is 4.79 Å². The lowest BCUT2D eigenvalue weighted by Gasteiger charge is -2.41. The average molecular weight is 459 g/mol. The lowest BCUT2D eigenvalue weighted by molar-refractivity contribution is 0.0935. The van der Waals surface area contributed by atoms with Crippen molar-refractivity contribution in [1.82, 2.24) is 20.9 Å². The molecule has 9 heteroatoms. The molecular weight excluding hydrogens is 435 g/mol. The fourth-order valence-corrected chi connectivity index (χ4v) is 4.56. The molecule has 1 aliphatic carbocycles. The number of nitrogens with one attached hydrogen (secondary N) is 3. The van der Waals surface area contributed by atoms with E-state index in [1.807, 2.05) is 24.4 Å². The van der Waals surface area contributed by atoms with Gasteiger partial charge in [0.2, 0.25) is 5.96 Å². The van der Waals surface area contributed by atoms with Gasteiger partial charge in [-0.3, -0.25) is 15.1 Å². The van der Waals surface area contributed by atoms with Crippen LogP contribution in [0.15, 0.2) is 47.6 Å². The Morgan fingerprint density at radius 2 is 1.97 bits per heavy atom. The number of pyridine rings is 1. The Bertz CT molecular complexity index is 961. The third-order valence-electron chi connectivity index (χ3n) is 5.74. The Kier molecular flexibility index (Phi) is 7.72. The van der Waals surface area contributed by atoms with Gasteiger partial charge < -0.3 is 10.6 Å². The van der Waals surface area contributed by atoms with E-state index in [2.05, 4.69) is 38.1 Å². The lowest BCUT2D eigenvalue weighted by atomic mass is 9.68. The molecule has 0 atom stereocenters. The minimum absolute atomic E-state index is 0.0862. The maximum atomic E-state index is 12.8. The third-order valence-corrected chi connectivity index (χ3v) is 6.34. The summed E-state index contributed by atoms with van der Waals surface area (Å²) in [5.74, 6) is 0.131. The molecule has 3 N–H and O–H groups in total. The molecule has 1 aromatic heterocycles. The largest absolute Gasteiger partial charge is 0.353 e. The van der Waals surface area contributed by atoms with Crippen LogP contribution in [0.5, 0.6) is 0 Å². The van der Waals surface area contributed by atoms with Gasteiger partial charge in [-0.05, 0) is 37.3 Å².